The quantitative estimate of drug-likeness (QED) is 0.307. The van der Waals surface area contributed by atoms with E-state index in [0.717, 1.165) is 0 Å². The van der Waals surface area contributed by atoms with Gasteiger partial charge in [-0.05, 0) is 0 Å². The molecule has 1 atom stereocenters. The van der Waals surface area contributed by atoms with Crippen LogP contribution in [0.2, 0.25) is 0 Å². The maximum atomic E-state index is 9.70. The van der Waals surface area contributed by atoms with Gasteiger partial charge in [0.2, 0.25) is 0 Å². The summed E-state index contributed by atoms with van der Waals surface area (Å²) in [6.07, 6.45) is -3.67. The predicted molar refractivity (Wildman–Crippen MR) is 44.0 cm³/mol. The SMILES string of the molecule is O=C(O)OC(O)C(Cl)(Cl)Cl.[CaH2]. The van der Waals surface area contributed by atoms with Crippen molar-refractivity contribution in [1.29, 1.82) is 0 Å². The molecule has 0 spiro atoms. The number of carboxylic acid groups (broad SMARTS) is 1. The molecule has 0 aromatic heterocycles. The Morgan fingerprint density at radius 1 is 1.45 bits per heavy atom. The van der Waals surface area contributed by atoms with E-state index in [2.05, 4.69) is 4.74 Å². The summed E-state index contributed by atoms with van der Waals surface area (Å²) in [6, 6.07) is 0. The van der Waals surface area contributed by atoms with Crippen LogP contribution in [0.4, 0.5) is 4.79 Å². The van der Waals surface area contributed by atoms with Gasteiger partial charge < -0.3 is 14.9 Å². The number of ether oxygens (including phenoxy) is 1. The van der Waals surface area contributed by atoms with Crippen LogP contribution in [0.15, 0.2) is 0 Å². The molecule has 0 aliphatic carbocycles. The van der Waals surface area contributed by atoms with Crippen LogP contribution < -0.4 is 0 Å². The number of hydrogen-bond acceptors (Lipinski definition) is 3. The van der Waals surface area contributed by atoms with E-state index in [1.165, 1.54) is 0 Å². The second kappa shape index (κ2) is 5.91. The zero-order chi connectivity index (χ0) is 8.36. The summed E-state index contributed by atoms with van der Waals surface area (Å²) in [7, 11) is 0. The number of carbonyl (C=O) groups is 1. The molecule has 0 aromatic carbocycles. The molecule has 0 amide bonds. The summed E-state index contributed by atoms with van der Waals surface area (Å²) in [6.45, 7) is 0. The molecule has 0 aliphatic rings. The van der Waals surface area contributed by atoms with Crippen LogP contribution in [0.25, 0.3) is 0 Å². The van der Waals surface area contributed by atoms with Gasteiger partial charge in [-0.1, -0.05) is 34.8 Å². The third-order valence-electron chi connectivity index (χ3n) is 0.492. The second-order valence-electron chi connectivity index (χ2n) is 1.28. The van der Waals surface area contributed by atoms with Gasteiger partial charge in [0, 0.05) is 0 Å². The molecule has 0 aliphatic heterocycles. The molecule has 0 saturated heterocycles. The Morgan fingerprint density at radius 2 is 1.82 bits per heavy atom. The molecule has 0 aromatic rings. The monoisotopic (exact) mass is 250 g/mol. The molecule has 0 heterocycles. The van der Waals surface area contributed by atoms with E-state index in [-0.39, 0.29) is 37.7 Å². The summed E-state index contributed by atoms with van der Waals surface area (Å²) in [5.74, 6) is 0. The van der Waals surface area contributed by atoms with Gasteiger partial charge >= 0.3 is 43.9 Å². The maximum absolute atomic E-state index is 9.70. The van der Waals surface area contributed by atoms with Crippen molar-refractivity contribution in [2.75, 3.05) is 0 Å². The molecular formula is C3H5CaCl3O4. The van der Waals surface area contributed by atoms with E-state index >= 15 is 0 Å². The number of rotatable bonds is 1. The number of hydrogen-bond donors (Lipinski definition) is 2. The van der Waals surface area contributed by atoms with E-state index in [1.807, 2.05) is 0 Å². The van der Waals surface area contributed by atoms with Crippen molar-refractivity contribution in [2.45, 2.75) is 10.1 Å². The Kier molecular flexibility index (Phi) is 7.99. The Balaban J connectivity index is 0. The Morgan fingerprint density at radius 3 is 1.91 bits per heavy atom. The number of aliphatic hydroxyl groups excluding tert-OH is 1. The molecule has 64 valence electrons. The molecular weight excluding hydrogens is 246 g/mol. The summed E-state index contributed by atoms with van der Waals surface area (Å²) >= 11 is 15.1. The van der Waals surface area contributed by atoms with Gasteiger partial charge in [0.1, 0.15) is 0 Å². The number of alkyl halides is 3. The van der Waals surface area contributed by atoms with Crippen molar-refractivity contribution < 1.29 is 19.7 Å². The van der Waals surface area contributed by atoms with E-state index in [0.29, 0.717) is 0 Å². The van der Waals surface area contributed by atoms with Crippen molar-refractivity contribution >= 4 is 78.7 Å². The van der Waals surface area contributed by atoms with Crippen molar-refractivity contribution in [3.8, 4) is 0 Å². The first-order chi connectivity index (χ1) is 4.34. The standard InChI is InChI=1S/C3H3Cl3O4.Ca.2H/c4-3(5,6)1(7)10-2(8)9;;;/h1,7H,(H,8,9);;;. The Labute approximate surface area is 107 Å². The zero-order valence-corrected chi connectivity index (χ0v) is 6.69. The number of halogens is 3. The van der Waals surface area contributed by atoms with E-state index in [1.54, 1.807) is 0 Å². The molecule has 2 N–H and O–H groups in total. The molecule has 11 heavy (non-hydrogen) atoms. The van der Waals surface area contributed by atoms with E-state index in [9.17, 15) is 4.79 Å². The third-order valence-corrected chi connectivity index (χ3v) is 1.05. The van der Waals surface area contributed by atoms with Gasteiger partial charge in [-0.25, -0.2) is 4.79 Å². The average molecular weight is 252 g/mol. The summed E-state index contributed by atoms with van der Waals surface area (Å²) < 4.78 is 1.55. The Hall–Kier alpha value is 1.36. The van der Waals surface area contributed by atoms with Gasteiger partial charge in [0.25, 0.3) is 10.1 Å². The van der Waals surface area contributed by atoms with Gasteiger partial charge in [-0.2, -0.15) is 0 Å². The Bertz CT molecular complexity index is 135. The van der Waals surface area contributed by atoms with E-state index in [4.69, 9.17) is 45.0 Å². The molecule has 0 saturated carbocycles. The van der Waals surface area contributed by atoms with Crippen LogP contribution >= 0.6 is 34.8 Å². The molecule has 0 rings (SSSR count). The molecule has 8 heteroatoms. The molecule has 4 nitrogen and oxygen atoms in total. The van der Waals surface area contributed by atoms with Gasteiger partial charge in [0.05, 0.1) is 0 Å². The molecule has 0 radical (unpaired) electrons. The fourth-order valence-electron chi connectivity index (χ4n) is 0.162. The van der Waals surface area contributed by atoms with Crippen LogP contribution in [-0.2, 0) is 4.74 Å². The normalized spacial score (nSPS) is 13.1. The molecule has 1 unspecified atom stereocenters. The first kappa shape index (κ1) is 14.9. The van der Waals surface area contributed by atoms with E-state index < -0.39 is 16.2 Å². The van der Waals surface area contributed by atoms with Crippen LogP contribution in [0.3, 0.4) is 0 Å². The van der Waals surface area contributed by atoms with Crippen LogP contribution in [-0.4, -0.2) is 64.2 Å². The van der Waals surface area contributed by atoms with Crippen molar-refractivity contribution in [3.05, 3.63) is 0 Å². The third kappa shape index (κ3) is 7.71. The predicted octanol–water partition coefficient (Wildman–Crippen LogP) is 0.453. The molecule has 0 fully saturated rings. The summed E-state index contributed by atoms with van der Waals surface area (Å²) in [4.78, 5) is 9.70. The number of aliphatic hydroxyl groups is 1. The van der Waals surface area contributed by atoms with Gasteiger partial charge in [-0.15, -0.1) is 0 Å². The van der Waals surface area contributed by atoms with Crippen LogP contribution in [0.5, 0.6) is 0 Å². The van der Waals surface area contributed by atoms with Crippen molar-refractivity contribution in [3.63, 3.8) is 0 Å². The summed E-state index contributed by atoms with van der Waals surface area (Å²) in [5.41, 5.74) is 0. The fourth-order valence-corrected chi connectivity index (χ4v) is 0.296. The van der Waals surface area contributed by atoms with Crippen molar-refractivity contribution in [1.82, 2.24) is 0 Å². The first-order valence-corrected chi connectivity index (χ1v) is 3.12. The minimum absolute atomic E-state index is 0. The summed E-state index contributed by atoms with van der Waals surface area (Å²) in [5, 5.41) is 16.4. The fraction of sp³-hybridized carbons (Fsp3) is 0.667. The topological polar surface area (TPSA) is 66.8 Å². The van der Waals surface area contributed by atoms with Gasteiger partial charge in [0.15, 0.2) is 0 Å². The van der Waals surface area contributed by atoms with Crippen molar-refractivity contribution in [2.24, 2.45) is 0 Å². The van der Waals surface area contributed by atoms with Crippen LogP contribution in [0, 0.1) is 0 Å². The average Bonchev–Trinajstić information content (AvgIpc) is 1.60. The van der Waals surface area contributed by atoms with Crippen LogP contribution in [0.1, 0.15) is 0 Å². The minimum atomic E-state index is -2.14. The van der Waals surface area contributed by atoms with Gasteiger partial charge in [-0.3, -0.25) is 0 Å². The zero-order valence-electron chi connectivity index (χ0n) is 4.42. The molecule has 0 bridgehead atoms. The second-order valence-corrected chi connectivity index (χ2v) is 3.65. The first-order valence-electron chi connectivity index (χ1n) is 1.98.